The number of hydrogen-bond acceptors (Lipinski definition) is 6. The quantitative estimate of drug-likeness (QED) is 0.658. The number of cyclic esters (lactones) is 1. The van der Waals surface area contributed by atoms with E-state index in [1.165, 1.54) is 19.1 Å². The maximum absolute atomic E-state index is 12.1. The first-order valence-corrected chi connectivity index (χ1v) is 9.01. The van der Waals surface area contributed by atoms with E-state index < -0.39 is 12.1 Å². The summed E-state index contributed by atoms with van der Waals surface area (Å²) in [6.07, 6.45) is -1.36. The van der Waals surface area contributed by atoms with Crippen molar-refractivity contribution in [2.45, 2.75) is 6.10 Å². The van der Waals surface area contributed by atoms with Gasteiger partial charge in [-0.3, -0.25) is 4.90 Å². The van der Waals surface area contributed by atoms with Crippen LogP contribution in [0.1, 0.15) is 11.7 Å². The second-order valence-corrected chi connectivity index (χ2v) is 6.27. The molecule has 3 amide bonds. The number of ether oxygens (including phenoxy) is 3. The van der Waals surface area contributed by atoms with Crippen LogP contribution in [-0.2, 0) is 4.74 Å². The van der Waals surface area contributed by atoms with E-state index in [0.29, 0.717) is 41.6 Å². The van der Waals surface area contributed by atoms with Crippen molar-refractivity contribution in [1.29, 1.82) is 0 Å². The molecule has 0 radical (unpaired) electrons. The number of nitrogens with one attached hydrogen (secondary N) is 2. The minimum Gasteiger partial charge on any atom is -0.497 e. The first-order valence-electron chi connectivity index (χ1n) is 9.01. The van der Waals surface area contributed by atoms with E-state index in [1.807, 2.05) is 0 Å². The molecule has 3 rings (SSSR count). The van der Waals surface area contributed by atoms with Crippen LogP contribution in [0.15, 0.2) is 42.5 Å². The van der Waals surface area contributed by atoms with Crippen LogP contribution in [0.4, 0.5) is 21.0 Å². The Labute approximate surface area is 168 Å². The number of benzene rings is 2. The monoisotopic (exact) mass is 401 g/mol. The number of aliphatic hydroxyl groups is 1. The number of carbonyl (C=O) groups is 2. The lowest BCUT2D eigenvalue weighted by atomic mass is 10.1. The van der Waals surface area contributed by atoms with Gasteiger partial charge in [0, 0.05) is 23.5 Å². The van der Waals surface area contributed by atoms with E-state index in [1.54, 1.807) is 42.5 Å². The lowest BCUT2D eigenvalue weighted by Gasteiger charge is -2.17. The standard InChI is InChI=1S/C20H23N3O6/c1-27-15-7-8-18(28-2)16(11-15)17(24)12-21-19(25)22-13-3-5-14(6-4-13)23-9-10-29-20(23)26/h3-8,11,17,24H,9-10,12H2,1-2H3,(H2,21,22,25). The minimum absolute atomic E-state index is 0.0208. The number of aliphatic hydroxyl groups excluding tert-OH is 1. The first-order chi connectivity index (χ1) is 14.0. The van der Waals surface area contributed by atoms with Crippen LogP contribution >= 0.6 is 0 Å². The predicted molar refractivity (Wildman–Crippen MR) is 107 cm³/mol. The topological polar surface area (TPSA) is 109 Å². The molecule has 1 heterocycles. The third-order valence-corrected chi connectivity index (χ3v) is 4.45. The molecule has 1 aliphatic heterocycles. The molecule has 0 spiro atoms. The second-order valence-electron chi connectivity index (χ2n) is 6.27. The van der Waals surface area contributed by atoms with Gasteiger partial charge in [-0.2, -0.15) is 0 Å². The number of rotatable bonds is 7. The van der Waals surface area contributed by atoms with Gasteiger partial charge in [-0.15, -0.1) is 0 Å². The van der Waals surface area contributed by atoms with Gasteiger partial charge in [-0.25, -0.2) is 9.59 Å². The number of nitrogens with zero attached hydrogens (tertiary/aromatic N) is 1. The molecular formula is C20H23N3O6. The van der Waals surface area contributed by atoms with Crippen molar-refractivity contribution >= 4 is 23.5 Å². The van der Waals surface area contributed by atoms with Crippen molar-refractivity contribution in [3.8, 4) is 11.5 Å². The molecule has 1 atom stereocenters. The maximum Gasteiger partial charge on any atom is 0.414 e. The highest BCUT2D eigenvalue weighted by molar-refractivity contribution is 5.91. The van der Waals surface area contributed by atoms with Crippen molar-refractivity contribution in [2.24, 2.45) is 0 Å². The Hall–Kier alpha value is -3.46. The van der Waals surface area contributed by atoms with Crippen molar-refractivity contribution < 1.29 is 28.9 Å². The molecule has 1 aliphatic rings. The van der Waals surface area contributed by atoms with Crippen molar-refractivity contribution in [3.05, 3.63) is 48.0 Å². The summed E-state index contributed by atoms with van der Waals surface area (Å²) in [5.41, 5.74) is 1.75. The summed E-state index contributed by atoms with van der Waals surface area (Å²) < 4.78 is 15.3. The van der Waals surface area contributed by atoms with Gasteiger partial charge in [0.2, 0.25) is 0 Å². The smallest absolute Gasteiger partial charge is 0.414 e. The summed E-state index contributed by atoms with van der Waals surface area (Å²) in [6.45, 7) is 0.840. The molecule has 0 saturated carbocycles. The van der Waals surface area contributed by atoms with E-state index in [0.717, 1.165) is 0 Å². The van der Waals surface area contributed by atoms with Crippen molar-refractivity contribution in [3.63, 3.8) is 0 Å². The van der Waals surface area contributed by atoms with E-state index in [4.69, 9.17) is 14.2 Å². The Bertz CT molecular complexity index is 871. The van der Waals surface area contributed by atoms with Crippen LogP contribution in [0.2, 0.25) is 0 Å². The molecule has 3 N–H and O–H groups in total. The molecule has 0 aromatic heterocycles. The van der Waals surface area contributed by atoms with Gasteiger partial charge in [-0.05, 0) is 42.5 Å². The summed E-state index contributed by atoms with van der Waals surface area (Å²) in [6, 6.07) is 11.4. The van der Waals surface area contributed by atoms with Crippen LogP contribution in [-0.4, -0.2) is 51.1 Å². The summed E-state index contributed by atoms with van der Waals surface area (Å²) >= 11 is 0. The minimum atomic E-state index is -0.977. The Morgan fingerprint density at radius 1 is 1.21 bits per heavy atom. The number of urea groups is 1. The molecule has 154 valence electrons. The molecule has 0 aliphatic carbocycles. The molecular weight excluding hydrogens is 378 g/mol. The van der Waals surface area contributed by atoms with Gasteiger partial charge < -0.3 is 30.0 Å². The summed E-state index contributed by atoms with van der Waals surface area (Å²) in [5, 5.41) is 15.7. The number of hydrogen-bond donors (Lipinski definition) is 3. The summed E-state index contributed by atoms with van der Waals surface area (Å²) in [7, 11) is 3.03. The van der Waals surface area contributed by atoms with E-state index in [-0.39, 0.29) is 12.6 Å². The normalized spacial score (nSPS) is 14.2. The summed E-state index contributed by atoms with van der Waals surface area (Å²) in [4.78, 5) is 25.2. The molecule has 1 unspecified atom stereocenters. The average Bonchev–Trinajstić information content (AvgIpc) is 3.18. The van der Waals surface area contributed by atoms with Crippen LogP contribution in [0.25, 0.3) is 0 Å². The molecule has 1 saturated heterocycles. The van der Waals surface area contributed by atoms with E-state index >= 15 is 0 Å². The van der Waals surface area contributed by atoms with Crippen LogP contribution in [0.5, 0.6) is 11.5 Å². The first kappa shape index (κ1) is 20.3. The van der Waals surface area contributed by atoms with Crippen LogP contribution < -0.4 is 25.0 Å². The Balaban J connectivity index is 1.55. The van der Waals surface area contributed by atoms with Crippen molar-refractivity contribution in [1.82, 2.24) is 5.32 Å². The second kappa shape index (κ2) is 9.16. The highest BCUT2D eigenvalue weighted by Gasteiger charge is 2.23. The third-order valence-electron chi connectivity index (χ3n) is 4.45. The van der Waals surface area contributed by atoms with Gasteiger partial charge in [0.1, 0.15) is 24.2 Å². The van der Waals surface area contributed by atoms with Crippen molar-refractivity contribution in [2.75, 3.05) is 44.1 Å². The molecule has 1 fully saturated rings. The molecule has 9 nitrogen and oxygen atoms in total. The Morgan fingerprint density at radius 2 is 1.97 bits per heavy atom. The van der Waals surface area contributed by atoms with Gasteiger partial charge in [0.15, 0.2) is 0 Å². The zero-order chi connectivity index (χ0) is 20.8. The average molecular weight is 401 g/mol. The van der Waals surface area contributed by atoms with Gasteiger partial charge >= 0.3 is 12.1 Å². The van der Waals surface area contributed by atoms with Gasteiger partial charge in [-0.1, -0.05) is 0 Å². The molecule has 0 bridgehead atoms. The third kappa shape index (κ3) is 4.88. The number of anilines is 2. The highest BCUT2D eigenvalue weighted by atomic mass is 16.6. The van der Waals surface area contributed by atoms with E-state index in [2.05, 4.69) is 10.6 Å². The van der Waals surface area contributed by atoms with Gasteiger partial charge in [0.25, 0.3) is 0 Å². The molecule has 2 aromatic rings. The highest BCUT2D eigenvalue weighted by Crippen LogP contribution is 2.29. The van der Waals surface area contributed by atoms with E-state index in [9.17, 15) is 14.7 Å². The number of methoxy groups -OCH3 is 2. The number of amides is 3. The molecule has 9 heteroatoms. The fourth-order valence-electron chi connectivity index (χ4n) is 2.93. The lowest BCUT2D eigenvalue weighted by molar-refractivity contribution is 0.170. The largest absolute Gasteiger partial charge is 0.497 e. The lowest BCUT2D eigenvalue weighted by Crippen LogP contribution is -2.32. The molecule has 29 heavy (non-hydrogen) atoms. The summed E-state index contributed by atoms with van der Waals surface area (Å²) in [5.74, 6) is 1.07. The Morgan fingerprint density at radius 3 is 2.59 bits per heavy atom. The zero-order valence-electron chi connectivity index (χ0n) is 16.2. The fourth-order valence-corrected chi connectivity index (χ4v) is 2.93. The van der Waals surface area contributed by atoms with Gasteiger partial charge in [0.05, 0.1) is 20.8 Å². The fraction of sp³-hybridized carbons (Fsp3) is 0.300. The molecule has 2 aromatic carbocycles. The zero-order valence-corrected chi connectivity index (χ0v) is 16.2. The predicted octanol–water partition coefficient (Wildman–Crippen LogP) is 2.52. The van der Waals surface area contributed by atoms with Crippen LogP contribution in [0, 0.1) is 0 Å². The number of carbonyl (C=O) groups excluding carboxylic acids is 2. The SMILES string of the molecule is COc1ccc(OC)c(C(O)CNC(=O)Nc2ccc(N3CCOC3=O)cc2)c1. The van der Waals surface area contributed by atoms with Crippen LogP contribution in [0.3, 0.4) is 0 Å². The Kier molecular flexibility index (Phi) is 6.40. The maximum atomic E-state index is 12.1.